The van der Waals surface area contributed by atoms with Gasteiger partial charge in [-0.25, -0.2) is 4.98 Å². The molecular weight excluding hydrogens is 310 g/mol. The zero-order valence-electron chi connectivity index (χ0n) is 12.5. The zero-order valence-corrected chi connectivity index (χ0v) is 13.3. The average Bonchev–Trinajstić information content (AvgIpc) is 3.14. The molecule has 0 spiro atoms. The lowest BCUT2D eigenvalue weighted by Crippen LogP contribution is -2.23. The predicted molar refractivity (Wildman–Crippen MR) is 89.5 cm³/mol. The van der Waals surface area contributed by atoms with Crippen LogP contribution in [0, 0.1) is 0 Å². The molecule has 3 aromatic rings. The Morgan fingerprint density at radius 3 is 2.87 bits per heavy atom. The first kappa shape index (κ1) is 15.2. The summed E-state index contributed by atoms with van der Waals surface area (Å²) in [6.45, 7) is 0.407. The maximum Gasteiger partial charge on any atom is 0.253 e. The molecule has 6 heteroatoms. The van der Waals surface area contributed by atoms with Crippen molar-refractivity contribution in [3.8, 4) is 17.1 Å². The van der Waals surface area contributed by atoms with Gasteiger partial charge in [-0.15, -0.1) is 0 Å². The van der Waals surface area contributed by atoms with Crippen molar-refractivity contribution in [2.75, 3.05) is 7.11 Å². The molecule has 0 saturated heterocycles. The van der Waals surface area contributed by atoms with Crippen LogP contribution in [0.15, 0.2) is 53.5 Å². The summed E-state index contributed by atoms with van der Waals surface area (Å²) in [6.07, 6.45) is 3.25. The first-order valence-corrected chi connectivity index (χ1v) is 7.97. The molecule has 0 saturated carbocycles. The van der Waals surface area contributed by atoms with Crippen molar-refractivity contribution in [2.45, 2.75) is 6.54 Å². The minimum atomic E-state index is -0.180. The average molecular weight is 325 g/mol. The number of carbonyl (C=O) groups is 1. The standard InChI is InChI=1S/C17H15N3O2S/c1-22-15-5-4-13(10-19-15)17(21)20-9-12-3-2-7-18-16(12)14-6-8-23-11-14/h2-8,10-11H,9H2,1H3,(H,20,21). The molecule has 3 heterocycles. The van der Waals surface area contributed by atoms with Crippen molar-refractivity contribution in [3.63, 3.8) is 0 Å². The first-order valence-electron chi connectivity index (χ1n) is 7.02. The van der Waals surface area contributed by atoms with Crippen LogP contribution in [0.3, 0.4) is 0 Å². The lowest BCUT2D eigenvalue weighted by atomic mass is 10.1. The number of carbonyl (C=O) groups excluding carboxylic acids is 1. The summed E-state index contributed by atoms with van der Waals surface area (Å²) in [6, 6.07) is 9.20. The van der Waals surface area contributed by atoms with E-state index in [1.54, 1.807) is 29.7 Å². The fraction of sp³-hybridized carbons (Fsp3) is 0.118. The highest BCUT2D eigenvalue weighted by atomic mass is 32.1. The topological polar surface area (TPSA) is 64.1 Å². The van der Waals surface area contributed by atoms with Crippen LogP contribution in [0.5, 0.6) is 5.88 Å². The van der Waals surface area contributed by atoms with E-state index in [0.29, 0.717) is 18.0 Å². The van der Waals surface area contributed by atoms with E-state index in [4.69, 9.17) is 4.74 Å². The fourth-order valence-electron chi connectivity index (χ4n) is 2.15. The summed E-state index contributed by atoms with van der Waals surface area (Å²) in [5, 5.41) is 6.95. The molecule has 0 aliphatic rings. The van der Waals surface area contributed by atoms with Gasteiger partial charge in [0.05, 0.1) is 18.4 Å². The van der Waals surface area contributed by atoms with E-state index in [0.717, 1.165) is 16.8 Å². The molecular formula is C17H15N3O2S. The summed E-state index contributed by atoms with van der Waals surface area (Å²) in [5.41, 5.74) is 3.42. The second kappa shape index (κ2) is 7.02. The van der Waals surface area contributed by atoms with Gasteiger partial charge in [0.1, 0.15) is 0 Å². The monoisotopic (exact) mass is 325 g/mol. The molecule has 0 aromatic carbocycles. The van der Waals surface area contributed by atoms with Gasteiger partial charge in [-0.1, -0.05) is 6.07 Å². The number of ether oxygens (including phenoxy) is 1. The van der Waals surface area contributed by atoms with Crippen molar-refractivity contribution in [3.05, 3.63) is 64.6 Å². The number of thiophene rings is 1. The molecule has 116 valence electrons. The first-order chi connectivity index (χ1) is 11.3. The number of nitrogens with zero attached hydrogens (tertiary/aromatic N) is 2. The van der Waals surface area contributed by atoms with Gasteiger partial charge in [0, 0.05) is 35.9 Å². The lowest BCUT2D eigenvalue weighted by Gasteiger charge is -2.09. The Morgan fingerprint density at radius 1 is 1.26 bits per heavy atom. The van der Waals surface area contributed by atoms with Crippen LogP contribution in [0.1, 0.15) is 15.9 Å². The Balaban J connectivity index is 1.72. The molecule has 0 radical (unpaired) electrons. The van der Waals surface area contributed by atoms with Crippen LogP contribution < -0.4 is 10.1 Å². The Kier molecular flexibility index (Phi) is 4.63. The summed E-state index contributed by atoms with van der Waals surface area (Å²) in [4.78, 5) is 20.7. The van der Waals surface area contributed by atoms with Crippen LogP contribution in [0.4, 0.5) is 0 Å². The van der Waals surface area contributed by atoms with Crippen molar-refractivity contribution >= 4 is 17.2 Å². The molecule has 23 heavy (non-hydrogen) atoms. The van der Waals surface area contributed by atoms with E-state index in [9.17, 15) is 4.79 Å². The van der Waals surface area contributed by atoms with E-state index in [2.05, 4.69) is 15.3 Å². The third-order valence-electron chi connectivity index (χ3n) is 3.33. The smallest absolute Gasteiger partial charge is 0.253 e. The Labute approximate surface area is 138 Å². The third-order valence-corrected chi connectivity index (χ3v) is 4.02. The Hall–Kier alpha value is -2.73. The van der Waals surface area contributed by atoms with Crippen molar-refractivity contribution in [1.29, 1.82) is 0 Å². The van der Waals surface area contributed by atoms with E-state index in [-0.39, 0.29) is 5.91 Å². The van der Waals surface area contributed by atoms with E-state index in [1.165, 1.54) is 13.3 Å². The van der Waals surface area contributed by atoms with Gasteiger partial charge in [0.2, 0.25) is 5.88 Å². The van der Waals surface area contributed by atoms with Crippen LogP contribution >= 0.6 is 11.3 Å². The highest BCUT2D eigenvalue weighted by molar-refractivity contribution is 7.08. The van der Waals surface area contributed by atoms with Crippen molar-refractivity contribution < 1.29 is 9.53 Å². The Bertz CT molecular complexity index is 786. The van der Waals surface area contributed by atoms with Gasteiger partial charge >= 0.3 is 0 Å². The van der Waals surface area contributed by atoms with Gasteiger partial charge < -0.3 is 10.1 Å². The number of hydrogen-bond donors (Lipinski definition) is 1. The molecule has 0 aliphatic heterocycles. The summed E-state index contributed by atoms with van der Waals surface area (Å²) in [7, 11) is 1.54. The molecule has 0 atom stereocenters. The number of hydrogen-bond acceptors (Lipinski definition) is 5. The van der Waals surface area contributed by atoms with Crippen LogP contribution in [0.2, 0.25) is 0 Å². The molecule has 3 aromatic heterocycles. The minimum Gasteiger partial charge on any atom is -0.481 e. The second-order valence-corrected chi connectivity index (χ2v) is 5.58. The molecule has 3 rings (SSSR count). The molecule has 0 aliphatic carbocycles. The van der Waals surface area contributed by atoms with Gasteiger partial charge in [0.15, 0.2) is 0 Å². The lowest BCUT2D eigenvalue weighted by molar-refractivity contribution is 0.0950. The van der Waals surface area contributed by atoms with Crippen LogP contribution in [-0.2, 0) is 6.54 Å². The molecule has 0 unspecified atom stereocenters. The molecule has 0 bridgehead atoms. The molecule has 5 nitrogen and oxygen atoms in total. The predicted octanol–water partition coefficient (Wildman–Crippen LogP) is 3.14. The third kappa shape index (κ3) is 3.54. The van der Waals surface area contributed by atoms with Crippen LogP contribution in [0.25, 0.3) is 11.3 Å². The van der Waals surface area contributed by atoms with Crippen molar-refractivity contribution in [1.82, 2.24) is 15.3 Å². The number of rotatable bonds is 5. The molecule has 1 amide bonds. The minimum absolute atomic E-state index is 0.180. The van der Waals surface area contributed by atoms with Gasteiger partial charge in [-0.2, -0.15) is 11.3 Å². The molecule has 1 N–H and O–H groups in total. The SMILES string of the molecule is COc1ccc(C(=O)NCc2cccnc2-c2ccsc2)cn1. The van der Waals surface area contributed by atoms with Crippen molar-refractivity contribution in [2.24, 2.45) is 0 Å². The van der Waals surface area contributed by atoms with E-state index in [1.807, 2.05) is 29.0 Å². The maximum absolute atomic E-state index is 12.2. The number of nitrogens with one attached hydrogen (secondary N) is 1. The largest absolute Gasteiger partial charge is 0.481 e. The highest BCUT2D eigenvalue weighted by Gasteiger charge is 2.10. The van der Waals surface area contributed by atoms with Crippen LogP contribution in [-0.4, -0.2) is 23.0 Å². The van der Waals surface area contributed by atoms with E-state index >= 15 is 0 Å². The van der Waals surface area contributed by atoms with Gasteiger partial charge in [-0.3, -0.25) is 9.78 Å². The summed E-state index contributed by atoms with van der Waals surface area (Å²) < 4.78 is 4.99. The normalized spacial score (nSPS) is 10.3. The summed E-state index contributed by atoms with van der Waals surface area (Å²) >= 11 is 1.62. The quantitative estimate of drug-likeness (QED) is 0.783. The number of amides is 1. The second-order valence-electron chi connectivity index (χ2n) is 4.80. The zero-order chi connectivity index (χ0) is 16.1. The molecule has 0 fully saturated rings. The Morgan fingerprint density at radius 2 is 2.17 bits per heavy atom. The summed E-state index contributed by atoms with van der Waals surface area (Å²) in [5.74, 6) is 0.300. The van der Waals surface area contributed by atoms with Gasteiger partial charge in [-0.05, 0) is 29.1 Å². The van der Waals surface area contributed by atoms with Gasteiger partial charge in [0.25, 0.3) is 5.91 Å². The van der Waals surface area contributed by atoms with E-state index < -0.39 is 0 Å². The maximum atomic E-state index is 12.2. The highest BCUT2D eigenvalue weighted by Crippen LogP contribution is 2.23. The number of pyridine rings is 2. The number of methoxy groups -OCH3 is 1. The fourth-order valence-corrected chi connectivity index (χ4v) is 2.79. The number of aromatic nitrogens is 2.